The third-order valence-corrected chi connectivity index (χ3v) is 4.87. The Morgan fingerprint density at radius 3 is 2.28 bits per heavy atom. The molecule has 6 nitrogen and oxygen atoms in total. The average Bonchev–Trinajstić information content (AvgIpc) is 2.80. The Hall–Kier alpha value is -3.61. The number of carbonyl (C=O) groups is 2. The van der Waals surface area contributed by atoms with Gasteiger partial charge in [-0.3, -0.25) is 9.59 Å². The van der Waals surface area contributed by atoms with Gasteiger partial charge >= 0.3 is 0 Å². The van der Waals surface area contributed by atoms with E-state index in [-0.39, 0.29) is 11.4 Å². The fourth-order valence-electron chi connectivity index (χ4n) is 2.72. The van der Waals surface area contributed by atoms with E-state index in [1.807, 2.05) is 0 Å². The topological polar surface area (TPSA) is 90.8 Å². The SMILES string of the molecule is CC(=NNC(=O)C(=Cc1ccc(Cl)cc1)NC(=O)c1ccccc1)c1cc(Cl)ccc1O. The van der Waals surface area contributed by atoms with Crippen LogP contribution in [0.3, 0.4) is 0 Å². The van der Waals surface area contributed by atoms with Gasteiger partial charge < -0.3 is 10.4 Å². The molecule has 8 heteroatoms. The quantitative estimate of drug-likeness (QED) is 0.270. The van der Waals surface area contributed by atoms with Gasteiger partial charge in [-0.05, 0) is 61.0 Å². The smallest absolute Gasteiger partial charge is 0.287 e. The van der Waals surface area contributed by atoms with Crippen LogP contribution in [0.4, 0.5) is 0 Å². The van der Waals surface area contributed by atoms with E-state index in [9.17, 15) is 14.7 Å². The second-order valence-corrected chi connectivity index (χ2v) is 7.60. The first-order chi connectivity index (χ1) is 15.3. The molecule has 0 aromatic heterocycles. The van der Waals surface area contributed by atoms with Gasteiger partial charge in [-0.1, -0.05) is 53.5 Å². The lowest BCUT2D eigenvalue weighted by atomic mass is 10.1. The van der Waals surface area contributed by atoms with Gasteiger partial charge in [0.05, 0.1) is 5.71 Å². The van der Waals surface area contributed by atoms with Crippen LogP contribution in [0.5, 0.6) is 5.75 Å². The molecule has 0 saturated heterocycles. The van der Waals surface area contributed by atoms with Crippen molar-refractivity contribution in [2.75, 3.05) is 0 Å². The zero-order chi connectivity index (χ0) is 23.1. The zero-order valence-electron chi connectivity index (χ0n) is 17.0. The number of carbonyl (C=O) groups excluding carboxylic acids is 2. The van der Waals surface area contributed by atoms with Crippen molar-refractivity contribution in [2.45, 2.75) is 6.92 Å². The Labute approximate surface area is 195 Å². The zero-order valence-corrected chi connectivity index (χ0v) is 18.5. The number of hydrogen-bond donors (Lipinski definition) is 3. The number of aromatic hydroxyl groups is 1. The second kappa shape index (κ2) is 10.6. The fraction of sp³-hybridized carbons (Fsp3) is 0.0417. The van der Waals surface area contributed by atoms with Crippen molar-refractivity contribution in [3.63, 3.8) is 0 Å². The lowest BCUT2D eigenvalue weighted by molar-refractivity contribution is -0.117. The van der Waals surface area contributed by atoms with Crippen molar-refractivity contribution in [1.82, 2.24) is 10.7 Å². The molecule has 0 aliphatic carbocycles. The largest absolute Gasteiger partial charge is 0.507 e. The molecule has 162 valence electrons. The summed E-state index contributed by atoms with van der Waals surface area (Å²) < 4.78 is 0. The van der Waals surface area contributed by atoms with Crippen LogP contribution in [0.2, 0.25) is 10.0 Å². The highest BCUT2D eigenvalue weighted by molar-refractivity contribution is 6.31. The Bertz CT molecular complexity index is 1190. The molecule has 0 aliphatic heterocycles. The molecule has 0 unspecified atom stereocenters. The van der Waals surface area contributed by atoms with Crippen LogP contribution in [0, 0.1) is 0 Å². The van der Waals surface area contributed by atoms with Gasteiger partial charge in [-0.2, -0.15) is 5.10 Å². The number of hydrazone groups is 1. The van der Waals surface area contributed by atoms with E-state index in [4.69, 9.17) is 23.2 Å². The van der Waals surface area contributed by atoms with Gasteiger partial charge in [0.1, 0.15) is 11.4 Å². The van der Waals surface area contributed by atoms with E-state index >= 15 is 0 Å². The third-order valence-electron chi connectivity index (χ3n) is 4.38. The minimum absolute atomic E-state index is 0.0203. The van der Waals surface area contributed by atoms with Gasteiger partial charge in [-0.15, -0.1) is 0 Å². The van der Waals surface area contributed by atoms with Crippen LogP contribution in [-0.2, 0) is 4.79 Å². The van der Waals surface area contributed by atoms with Gasteiger partial charge in [0, 0.05) is 21.2 Å². The molecule has 0 spiro atoms. The minimum Gasteiger partial charge on any atom is -0.507 e. The molecule has 0 fully saturated rings. The van der Waals surface area contributed by atoms with E-state index in [0.29, 0.717) is 32.4 Å². The number of rotatable bonds is 6. The molecule has 32 heavy (non-hydrogen) atoms. The molecular weight excluding hydrogens is 449 g/mol. The number of nitrogens with zero attached hydrogens (tertiary/aromatic N) is 1. The van der Waals surface area contributed by atoms with Crippen molar-refractivity contribution < 1.29 is 14.7 Å². The molecular formula is C24H19Cl2N3O3. The Balaban J connectivity index is 1.86. The molecule has 2 amide bonds. The van der Waals surface area contributed by atoms with Gasteiger partial charge in [0.25, 0.3) is 11.8 Å². The standard InChI is InChI=1S/C24H19Cl2N3O3/c1-15(20-14-19(26)11-12-22(20)30)28-29-24(32)21(13-16-7-9-18(25)10-8-16)27-23(31)17-5-3-2-4-6-17/h2-14,30H,1H3,(H,27,31)(H,29,32). The fourth-order valence-corrected chi connectivity index (χ4v) is 3.02. The molecule has 3 rings (SSSR count). The molecule has 0 heterocycles. The van der Waals surface area contributed by atoms with Crippen molar-refractivity contribution in [2.24, 2.45) is 5.10 Å². The highest BCUT2D eigenvalue weighted by atomic mass is 35.5. The molecule has 0 bridgehead atoms. The summed E-state index contributed by atoms with van der Waals surface area (Å²) >= 11 is 11.9. The van der Waals surface area contributed by atoms with Crippen LogP contribution in [-0.4, -0.2) is 22.6 Å². The summed E-state index contributed by atoms with van der Waals surface area (Å²) in [6.45, 7) is 1.61. The van der Waals surface area contributed by atoms with Crippen molar-refractivity contribution in [3.05, 3.63) is 105 Å². The lowest BCUT2D eigenvalue weighted by Crippen LogP contribution is -2.33. The molecule has 0 saturated carbocycles. The maximum absolute atomic E-state index is 12.9. The van der Waals surface area contributed by atoms with Crippen LogP contribution >= 0.6 is 23.2 Å². The van der Waals surface area contributed by atoms with Gasteiger partial charge in [0.2, 0.25) is 0 Å². The number of benzene rings is 3. The van der Waals surface area contributed by atoms with Gasteiger partial charge in [0.15, 0.2) is 0 Å². The lowest BCUT2D eigenvalue weighted by Gasteiger charge is -2.10. The summed E-state index contributed by atoms with van der Waals surface area (Å²) in [6, 6.07) is 19.8. The van der Waals surface area contributed by atoms with E-state index in [1.165, 1.54) is 18.2 Å². The van der Waals surface area contributed by atoms with Gasteiger partial charge in [-0.25, -0.2) is 5.43 Å². The Morgan fingerprint density at radius 1 is 0.938 bits per heavy atom. The first kappa shape index (κ1) is 23.1. The van der Waals surface area contributed by atoms with E-state index in [0.717, 1.165) is 0 Å². The summed E-state index contributed by atoms with van der Waals surface area (Å²) in [4.78, 5) is 25.5. The highest BCUT2D eigenvalue weighted by Gasteiger charge is 2.15. The molecule has 0 aliphatic rings. The normalized spacial score (nSPS) is 11.7. The highest BCUT2D eigenvalue weighted by Crippen LogP contribution is 2.22. The van der Waals surface area contributed by atoms with Crippen LogP contribution < -0.4 is 10.7 Å². The average molecular weight is 468 g/mol. The third kappa shape index (κ3) is 6.20. The summed E-state index contributed by atoms with van der Waals surface area (Å²) in [5.41, 5.74) is 4.13. The van der Waals surface area contributed by atoms with E-state index in [1.54, 1.807) is 67.6 Å². The predicted molar refractivity (Wildman–Crippen MR) is 127 cm³/mol. The Morgan fingerprint density at radius 2 is 1.59 bits per heavy atom. The summed E-state index contributed by atoms with van der Waals surface area (Å²) in [7, 11) is 0. The van der Waals surface area contributed by atoms with Crippen LogP contribution in [0.1, 0.15) is 28.4 Å². The monoisotopic (exact) mass is 467 g/mol. The van der Waals surface area contributed by atoms with Crippen molar-refractivity contribution >= 4 is 46.8 Å². The predicted octanol–water partition coefficient (Wildman–Crippen LogP) is 5.01. The second-order valence-electron chi connectivity index (χ2n) is 6.73. The molecule has 3 aromatic rings. The maximum atomic E-state index is 12.9. The number of hydrogen-bond acceptors (Lipinski definition) is 4. The summed E-state index contributed by atoms with van der Waals surface area (Å²) in [5, 5.41) is 17.6. The number of phenolic OH excluding ortho intramolecular Hbond substituents is 1. The minimum atomic E-state index is -0.648. The number of amides is 2. The maximum Gasteiger partial charge on any atom is 0.287 e. The molecule has 0 atom stereocenters. The summed E-state index contributed by atoms with van der Waals surface area (Å²) in [5.74, 6) is -1.13. The molecule has 0 radical (unpaired) electrons. The van der Waals surface area contributed by atoms with Crippen LogP contribution in [0.25, 0.3) is 6.08 Å². The van der Waals surface area contributed by atoms with E-state index < -0.39 is 11.8 Å². The van der Waals surface area contributed by atoms with Crippen LogP contribution in [0.15, 0.2) is 83.6 Å². The number of halogens is 2. The first-order valence-electron chi connectivity index (χ1n) is 9.50. The van der Waals surface area contributed by atoms with E-state index in [2.05, 4.69) is 15.8 Å². The Kier molecular flexibility index (Phi) is 7.65. The summed E-state index contributed by atoms with van der Waals surface area (Å²) in [6.07, 6.45) is 1.51. The number of phenols is 1. The van der Waals surface area contributed by atoms with Crippen molar-refractivity contribution in [1.29, 1.82) is 0 Å². The molecule has 3 aromatic carbocycles. The number of nitrogens with one attached hydrogen (secondary N) is 2. The first-order valence-corrected chi connectivity index (χ1v) is 10.3. The van der Waals surface area contributed by atoms with Crippen molar-refractivity contribution in [3.8, 4) is 5.75 Å². The molecule has 3 N–H and O–H groups in total.